The Hall–Kier alpha value is -1.09. The number of rotatable bonds is 2. The van der Waals surface area contributed by atoms with Gasteiger partial charge in [-0.2, -0.15) is 0 Å². The van der Waals surface area contributed by atoms with Gasteiger partial charge in [-0.1, -0.05) is 30.3 Å². The molecular formula is C13H11ClNOTi. The van der Waals surface area contributed by atoms with Crippen LogP contribution in [0, 0.1) is 0 Å². The van der Waals surface area contributed by atoms with Crippen LogP contribution in [0.25, 0.3) is 0 Å². The second-order valence-corrected chi connectivity index (χ2v) is 3.15. The van der Waals surface area contributed by atoms with Crippen molar-refractivity contribution < 1.29 is 24.5 Å². The van der Waals surface area contributed by atoms with Gasteiger partial charge in [0.05, 0.1) is 5.69 Å². The van der Waals surface area contributed by atoms with Gasteiger partial charge in [0.25, 0.3) is 0 Å². The van der Waals surface area contributed by atoms with Crippen LogP contribution >= 0.6 is 9.30 Å². The van der Waals surface area contributed by atoms with E-state index in [2.05, 4.69) is 14.3 Å². The van der Waals surface area contributed by atoms with Crippen molar-refractivity contribution in [2.24, 2.45) is 4.99 Å². The van der Waals surface area contributed by atoms with Crippen molar-refractivity contribution in [3.63, 3.8) is 0 Å². The van der Waals surface area contributed by atoms with Gasteiger partial charge in [0.1, 0.15) is 5.75 Å². The Morgan fingerprint density at radius 3 is 2.18 bits per heavy atom. The molecule has 0 bridgehead atoms. The minimum atomic E-state index is 0.247. The van der Waals surface area contributed by atoms with Crippen molar-refractivity contribution in [1.29, 1.82) is 0 Å². The number of para-hydroxylation sites is 2. The number of nitrogens with zero attached hydrogens (tertiary/aromatic N) is 1. The third kappa shape index (κ3) is 4.74. The molecule has 0 aliphatic carbocycles. The SMILES string of the molecule is Oc1ccccc1C=Nc1ccccc1.[Cl][Ti]. The molecule has 4 heteroatoms. The van der Waals surface area contributed by atoms with Crippen molar-refractivity contribution in [3.05, 3.63) is 60.2 Å². The van der Waals surface area contributed by atoms with Gasteiger partial charge in [-0.25, -0.2) is 0 Å². The molecule has 0 saturated carbocycles. The van der Waals surface area contributed by atoms with E-state index in [0.29, 0.717) is 0 Å². The van der Waals surface area contributed by atoms with Crippen LogP contribution in [-0.4, -0.2) is 11.3 Å². The van der Waals surface area contributed by atoms with Gasteiger partial charge in [0, 0.05) is 11.8 Å². The zero-order valence-electron chi connectivity index (χ0n) is 9.05. The van der Waals surface area contributed by atoms with Crippen molar-refractivity contribution in [2.45, 2.75) is 0 Å². The first-order valence-corrected chi connectivity index (χ1v) is 7.07. The van der Waals surface area contributed by atoms with E-state index in [1.54, 1.807) is 18.3 Å². The maximum absolute atomic E-state index is 9.50. The normalized spacial score (nSPS) is 9.65. The minimum absolute atomic E-state index is 0.247. The van der Waals surface area contributed by atoms with Crippen LogP contribution < -0.4 is 0 Å². The summed E-state index contributed by atoms with van der Waals surface area (Å²) in [4.78, 5) is 4.25. The summed E-state index contributed by atoms with van der Waals surface area (Å²) in [6.07, 6.45) is 1.66. The van der Waals surface area contributed by atoms with Gasteiger partial charge in [-0.05, 0) is 24.3 Å². The Labute approximate surface area is 116 Å². The first kappa shape index (κ1) is 14.0. The number of aliphatic imine (C=N–C) groups is 1. The second-order valence-electron chi connectivity index (χ2n) is 3.15. The molecule has 2 aromatic carbocycles. The third-order valence-corrected chi connectivity index (χ3v) is 2.05. The van der Waals surface area contributed by atoms with Crippen molar-refractivity contribution in [3.8, 4) is 5.75 Å². The Bertz CT molecular complexity index is 474. The number of phenols is 1. The maximum atomic E-state index is 9.50. The number of phenolic OH excluding ortho intramolecular Hbond substituents is 1. The number of hydrogen-bond donors (Lipinski definition) is 1. The average Bonchev–Trinajstić information content (AvgIpc) is 2.41. The van der Waals surface area contributed by atoms with Crippen molar-refractivity contribution in [1.82, 2.24) is 0 Å². The Kier molecular flexibility index (Phi) is 6.64. The van der Waals surface area contributed by atoms with E-state index >= 15 is 0 Å². The molecule has 0 atom stereocenters. The molecule has 0 amide bonds. The second kappa shape index (κ2) is 8.07. The molecule has 2 nitrogen and oxygen atoms in total. The molecule has 0 unspecified atom stereocenters. The molecule has 0 radical (unpaired) electrons. The number of halogens is 1. The summed E-state index contributed by atoms with van der Waals surface area (Å²) in [6, 6.07) is 16.7. The van der Waals surface area contributed by atoms with Crippen LogP contribution in [0.4, 0.5) is 5.69 Å². The molecule has 0 fully saturated rings. The van der Waals surface area contributed by atoms with Crippen molar-refractivity contribution >= 4 is 21.2 Å². The molecule has 0 heterocycles. The zero-order chi connectivity index (χ0) is 12.5. The number of hydrogen-bond acceptors (Lipinski definition) is 2. The third-order valence-electron chi connectivity index (χ3n) is 2.05. The zero-order valence-corrected chi connectivity index (χ0v) is 11.4. The molecule has 1 N–H and O–H groups in total. The molecule has 85 valence electrons. The molecule has 0 aromatic heterocycles. The van der Waals surface area contributed by atoms with E-state index in [1.807, 2.05) is 42.5 Å². The quantitative estimate of drug-likeness (QED) is 0.658. The Morgan fingerprint density at radius 2 is 1.53 bits per heavy atom. The fourth-order valence-corrected chi connectivity index (χ4v) is 1.25. The van der Waals surface area contributed by atoms with Gasteiger partial charge in [0.15, 0.2) is 0 Å². The van der Waals surface area contributed by atoms with Crippen molar-refractivity contribution in [2.75, 3.05) is 0 Å². The Balaban J connectivity index is 0.000000686. The summed E-state index contributed by atoms with van der Waals surface area (Å²) < 4.78 is 0. The van der Waals surface area contributed by atoms with E-state index in [0.717, 1.165) is 11.3 Å². The molecular weight excluding hydrogens is 269 g/mol. The molecule has 2 aromatic rings. The van der Waals surface area contributed by atoms with Crippen LogP contribution in [0.3, 0.4) is 0 Å². The van der Waals surface area contributed by atoms with E-state index in [-0.39, 0.29) is 5.75 Å². The van der Waals surface area contributed by atoms with Crippen LogP contribution in [0.1, 0.15) is 5.56 Å². The summed E-state index contributed by atoms with van der Waals surface area (Å²) in [5, 5.41) is 9.50. The van der Waals surface area contributed by atoms with E-state index in [1.165, 1.54) is 19.4 Å². The molecule has 0 aliphatic heterocycles. The van der Waals surface area contributed by atoms with Gasteiger partial charge in [-0.3, -0.25) is 4.99 Å². The number of aromatic hydroxyl groups is 1. The van der Waals surface area contributed by atoms with Gasteiger partial charge >= 0.3 is 28.7 Å². The van der Waals surface area contributed by atoms with Crippen LogP contribution in [0.2, 0.25) is 0 Å². The molecule has 0 saturated heterocycles. The fraction of sp³-hybridized carbons (Fsp3) is 0. The van der Waals surface area contributed by atoms with E-state index in [4.69, 9.17) is 0 Å². The summed E-state index contributed by atoms with van der Waals surface area (Å²) in [5.41, 5.74) is 1.60. The molecule has 0 aliphatic rings. The first-order chi connectivity index (χ1) is 8.36. The molecule has 17 heavy (non-hydrogen) atoms. The first-order valence-electron chi connectivity index (χ1n) is 4.92. The standard InChI is InChI=1S/C13H11NO.ClH.Ti/c15-13-9-5-4-6-11(13)10-14-12-7-2-1-3-8-12;;/h1-10,15H;1H;/q;;+1/p-1. The molecule has 0 spiro atoms. The average molecular weight is 281 g/mol. The van der Waals surface area contributed by atoms with E-state index < -0.39 is 0 Å². The molecule has 2 rings (SSSR count). The van der Waals surface area contributed by atoms with Crippen LogP contribution in [0.5, 0.6) is 5.75 Å². The summed E-state index contributed by atoms with van der Waals surface area (Å²) in [7, 11) is 4.64. The van der Waals surface area contributed by atoms with Gasteiger partial charge < -0.3 is 5.11 Å². The summed E-state index contributed by atoms with van der Waals surface area (Å²) >= 11 is 1.47. The van der Waals surface area contributed by atoms with Crippen LogP contribution in [0.15, 0.2) is 59.6 Å². The number of benzene rings is 2. The predicted octanol–water partition coefficient (Wildman–Crippen LogP) is 3.83. The van der Waals surface area contributed by atoms with Crippen LogP contribution in [-0.2, 0) is 19.4 Å². The predicted molar refractivity (Wildman–Crippen MR) is 67.7 cm³/mol. The van der Waals surface area contributed by atoms with E-state index in [9.17, 15) is 5.11 Å². The topological polar surface area (TPSA) is 32.6 Å². The monoisotopic (exact) mass is 280 g/mol. The summed E-state index contributed by atoms with van der Waals surface area (Å²) in [6.45, 7) is 0. The van der Waals surface area contributed by atoms with Gasteiger partial charge in [0.2, 0.25) is 0 Å². The fourth-order valence-electron chi connectivity index (χ4n) is 1.25. The summed E-state index contributed by atoms with van der Waals surface area (Å²) in [5.74, 6) is 0.247. The Morgan fingerprint density at radius 1 is 0.941 bits per heavy atom. The van der Waals surface area contributed by atoms with Gasteiger partial charge in [-0.15, -0.1) is 0 Å².